The van der Waals surface area contributed by atoms with E-state index in [-0.39, 0.29) is 126 Å². The summed E-state index contributed by atoms with van der Waals surface area (Å²) < 4.78 is 95.6. The molecule has 0 aromatic heterocycles. The van der Waals surface area contributed by atoms with Crippen LogP contribution in [0.25, 0.3) is 0 Å². The van der Waals surface area contributed by atoms with Gasteiger partial charge in [0, 0.05) is 0 Å². The summed E-state index contributed by atoms with van der Waals surface area (Å²) in [7, 11) is 0. The molecule has 0 aromatic rings. The van der Waals surface area contributed by atoms with E-state index in [4.69, 9.17) is 106 Å². The van der Waals surface area contributed by atoms with Gasteiger partial charge in [0.25, 0.3) is 0 Å². The minimum absolute atomic E-state index is 0.0403. The summed E-state index contributed by atoms with van der Waals surface area (Å²) in [6, 6.07) is 0. The first-order valence-electron chi connectivity index (χ1n) is 21.2. The average molecular weight is 901 g/mol. The molecular formula is C39H80O22. The molecule has 0 rings (SSSR count). The van der Waals surface area contributed by atoms with Gasteiger partial charge in [-0.3, -0.25) is 0 Å². The molecule has 2 atom stereocenters. The summed E-state index contributed by atoms with van der Waals surface area (Å²) in [4.78, 5) is 0. The average Bonchev–Trinajstić information content (AvgIpc) is 3.27. The molecule has 0 radical (unpaired) electrons. The van der Waals surface area contributed by atoms with Gasteiger partial charge in [0.15, 0.2) is 0 Å². The summed E-state index contributed by atoms with van der Waals surface area (Å²) in [6.07, 6.45) is -1.34. The van der Waals surface area contributed by atoms with Crippen LogP contribution in [0, 0.1) is 0 Å². The largest absolute Gasteiger partial charge is 0.394 e. The lowest BCUT2D eigenvalue weighted by atomic mass is 10.3. The zero-order chi connectivity index (χ0) is 44.2. The summed E-state index contributed by atoms with van der Waals surface area (Å²) in [5.41, 5.74) is 0. The molecule has 22 nitrogen and oxygen atoms in total. The number of hydrogen-bond acceptors (Lipinski definition) is 22. The first-order valence-corrected chi connectivity index (χ1v) is 21.2. The molecule has 0 aliphatic heterocycles. The minimum Gasteiger partial charge on any atom is -0.394 e. The molecule has 0 aliphatic carbocycles. The Labute approximate surface area is 362 Å². The van der Waals surface area contributed by atoms with E-state index in [1.165, 1.54) is 0 Å². The lowest BCUT2D eigenvalue weighted by Crippen LogP contribution is -2.34. The molecule has 0 spiro atoms. The standard InChI is InChI=1S/C39H80O22/c40-1-6-45-11-16-50-21-23-55-31-37(59-28-25-52-18-13-47-8-3-42)33-57-35-39(61-30-27-54-20-15-49-10-5-44)36-58-34-38(60-29-26-53-19-14-48-9-4-43)32-56-24-22-51-17-12-46-7-2-41/h37-44H,1-36H2. The maximum Gasteiger partial charge on any atom is 0.104 e. The minimum atomic E-state index is -0.482. The molecule has 368 valence electrons. The second kappa shape index (κ2) is 53.5. The van der Waals surface area contributed by atoms with Crippen molar-refractivity contribution in [1.29, 1.82) is 0 Å². The van der Waals surface area contributed by atoms with Gasteiger partial charge in [-0.15, -0.1) is 0 Å². The van der Waals surface area contributed by atoms with Crippen molar-refractivity contribution in [3.63, 3.8) is 0 Å². The highest BCUT2D eigenvalue weighted by Gasteiger charge is 2.17. The van der Waals surface area contributed by atoms with Gasteiger partial charge in [0.05, 0.1) is 238 Å². The number of ether oxygens (including phenoxy) is 17. The van der Waals surface area contributed by atoms with Crippen LogP contribution in [0.5, 0.6) is 0 Å². The zero-order valence-electron chi connectivity index (χ0n) is 36.4. The normalized spacial score (nSPS) is 13.3. The summed E-state index contributed by atoms with van der Waals surface area (Å²) in [5.74, 6) is 0. The Morgan fingerprint density at radius 1 is 0.180 bits per heavy atom. The van der Waals surface area contributed by atoms with E-state index in [2.05, 4.69) is 0 Å². The van der Waals surface area contributed by atoms with Crippen LogP contribution in [-0.4, -0.2) is 282 Å². The van der Waals surface area contributed by atoms with Crippen molar-refractivity contribution < 1.29 is 106 Å². The van der Waals surface area contributed by atoms with Crippen LogP contribution in [0.1, 0.15) is 0 Å². The Balaban J connectivity index is 5.16. The lowest BCUT2D eigenvalue weighted by Gasteiger charge is -2.23. The number of aliphatic hydroxyl groups is 5. The Kier molecular flexibility index (Phi) is 52.7. The van der Waals surface area contributed by atoms with E-state index in [1.54, 1.807) is 0 Å². The van der Waals surface area contributed by atoms with Crippen molar-refractivity contribution in [3.8, 4) is 0 Å². The van der Waals surface area contributed by atoms with Crippen molar-refractivity contribution in [1.82, 2.24) is 0 Å². The van der Waals surface area contributed by atoms with E-state index in [0.29, 0.717) is 112 Å². The molecule has 0 amide bonds. The fourth-order valence-corrected chi connectivity index (χ4v) is 4.51. The van der Waals surface area contributed by atoms with Crippen LogP contribution in [0.15, 0.2) is 0 Å². The van der Waals surface area contributed by atoms with E-state index in [9.17, 15) is 0 Å². The van der Waals surface area contributed by atoms with Crippen LogP contribution in [-0.2, 0) is 80.5 Å². The van der Waals surface area contributed by atoms with E-state index < -0.39 is 18.3 Å². The molecule has 5 N–H and O–H groups in total. The Morgan fingerprint density at radius 3 is 0.557 bits per heavy atom. The van der Waals surface area contributed by atoms with Crippen molar-refractivity contribution in [3.05, 3.63) is 0 Å². The fourth-order valence-electron chi connectivity index (χ4n) is 4.51. The van der Waals surface area contributed by atoms with Crippen LogP contribution < -0.4 is 0 Å². The maximum atomic E-state index is 8.88. The topological polar surface area (TPSA) is 258 Å². The van der Waals surface area contributed by atoms with E-state index in [0.717, 1.165) is 0 Å². The van der Waals surface area contributed by atoms with Crippen molar-refractivity contribution >= 4 is 0 Å². The van der Waals surface area contributed by atoms with Crippen LogP contribution in [0.3, 0.4) is 0 Å². The van der Waals surface area contributed by atoms with Gasteiger partial charge in [0.1, 0.15) is 18.3 Å². The van der Waals surface area contributed by atoms with Gasteiger partial charge in [-0.1, -0.05) is 0 Å². The van der Waals surface area contributed by atoms with Crippen LogP contribution in [0.4, 0.5) is 0 Å². The molecule has 22 heteroatoms. The van der Waals surface area contributed by atoms with Gasteiger partial charge in [-0.2, -0.15) is 0 Å². The molecule has 61 heavy (non-hydrogen) atoms. The summed E-state index contributed by atoms with van der Waals surface area (Å²) in [6.45, 7) is 9.06. The highest BCUT2D eigenvalue weighted by molar-refractivity contribution is 4.63. The second-order valence-electron chi connectivity index (χ2n) is 12.4. The molecule has 0 bridgehead atoms. The Morgan fingerprint density at radius 2 is 0.344 bits per heavy atom. The van der Waals surface area contributed by atoms with Gasteiger partial charge in [-0.25, -0.2) is 0 Å². The SMILES string of the molecule is OCCOCCOCCOCC(COCC(COCC(COCCOCCOCCO)OCCOCCOCCO)OCCOCCOCCO)OCCOCCOCCO. The first kappa shape index (κ1) is 60.1. The van der Waals surface area contributed by atoms with Gasteiger partial charge < -0.3 is 106 Å². The molecule has 2 unspecified atom stereocenters. The monoisotopic (exact) mass is 901 g/mol. The van der Waals surface area contributed by atoms with Crippen LogP contribution >= 0.6 is 0 Å². The summed E-state index contributed by atoms with van der Waals surface area (Å²) >= 11 is 0. The third-order valence-electron chi connectivity index (χ3n) is 7.35. The quantitative estimate of drug-likeness (QED) is 0.0390. The van der Waals surface area contributed by atoms with Crippen LogP contribution in [0.2, 0.25) is 0 Å². The van der Waals surface area contributed by atoms with Gasteiger partial charge in [-0.05, 0) is 0 Å². The molecule has 0 fully saturated rings. The Hall–Kier alpha value is -0.880. The van der Waals surface area contributed by atoms with Crippen molar-refractivity contribution in [2.24, 2.45) is 0 Å². The number of rotatable bonds is 55. The predicted octanol–water partition coefficient (Wildman–Crippen LogP) is -2.66. The Bertz CT molecular complexity index is 744. The highest BCUT2D eigenvalue weighted by Crippen LogP contribution is 2.04. The maximum absolute atomic E-state index is 8.88. The predicted molar refractivity (Wildman–Crippen MR) is 216 cm³/mol. The van der Waals surface area contributed by atoms with E-state index >= 15 is 0 Å². The number of hydrogen-bond donors (Lipinski definition) is 5. The molecule has 0 saturated heterocycles. The molecule has 0 aliphatic rings. The third kappa shape index (κ3) is 48.4. The third-order valence-corrected chi connectivity index (χ3v) is 7.35. The highest BCUT2D eigenvalue weighted by atomic mass is 16.6. The summed E-state index contributed by atoms with van der Waals surface area (Å²) in [5, 5.41) is 44.2. The van der Waals surface area contributed by atoms with Crippen molar-refractivity contribution in [2.45, 2.75) is 18.3 Å². The lowest BCUT2D eigenvalue weighted by molar-refractivity contribution is -0.121. The second-order valence-corrected chi connectivity index (χ2v) is 12.4. The number of aliphatic hydroxyl groups excluding tert-OH is 5. The fraction of sp³-hybridized carbons (Fsp3) is 1.00. The molecule has 0 heterocycles. The van der Waals surface area contributed by atoms with Gasteiger partial charge in [0.2, 0.25) is 0 Å². The molecule has 0 aromatic carbocycles. The molecule has 0 saturated carbocycles. The zero-order valence-corrected chi connectivity index (χ0v) is 36.4. The smallest absolute Gasteiger partial charge is 0.104 e. The van der Waals surface area contributed by atoms with Gasteiger partial charge >= 0.3 is 0 Å². The molecular weight excluding hydrogens is 820 g/mol. The van der Waals surface area contributed by atoms with E-state index in [1.807, 2.05) is 0 Å². The van der Waals surface area contributed by atoms with Crippen molar-refractivity contribution in [2.75, 3.05) is 238 Å². The first-order chi connectivity index (χ1) is 30.2.